The van der Waals surface area contributed by atoms with Crippen LogP contribution in [0.5, 0.6) is 0 Å². The third kappa shape index (κ3) is 4.97. The molecule has 0 aromatic heterocycles. The van der Waals surface area contributed by atoms with Crippen LogP contribution < -0.4 is 0 Å². The van der Waals surface area contributed by atoms with Gasteiger partial charge >= 0.3 is 16.4 Å². The number of halogens is 1. The van der Waals surface area contributed by atoms with Crippen LogP contribution in [0.4, 0.5) is 4.39 Å². The number of fused-ring (bicyclic) bond motifs is 2. The zero-order valence-electron chi connectivity index (χ0n) is 14.0. The Bertz CT molecular complexity index is 700. The third-order valence-electron chi connectivity index (χ3n) is 5.04. The van der Waals surface area contributed by atoms with E-state index in [1.165, 1.54) is 19.2 Å². The topological polar surface area (TPSA) is 104 Å². The predicted octanol–water partition coefficient (Wildman–Crippen LogP) is 1.91. The first-order chi connectivity index (χ1) is 11.6. The molecule has 2 saturated heterocycles. The zero-order chi connectivity index (χ0) is 18.8. The summed E-state index contributed by atoms with van der Waals surface area (Å²) < 4.78 is 49.7. The van der Waals surface area contributed by atoms with Gasteiger partial charge in [0, 0.05) is 18.0 Å². The molecule has 0 saturated carbocycles. The molecule has 1 aromatic carbocycles. The Labute approximate surface area is 146 Å². The first kappa shape index (κ1) is 19.8. The van der Waals surface area contributed by atoms with Crippen molar-refractivity contribution in [1.29, 1.82) is 0 Å². The number of hydrogen-bond donors (Lipinski definition) is 2. The van der Waals surface area contributed by atoms with Gasteiger partial charge in [0.05, 0.1) is 13.0 Å². The Kier molecular flexibility index (Phi) is 6.15. The number of esters is 1. The van der Waals surface area contributed by atoms with Crippen LogP contribution in [0, 0.1) is 11.7 Å². The number of rotatable bonds is 2. The van der Waals surface area contributed by atoms with E-state index in [4.69, 9.17) is 22.3 Å². The molecule has 1 aromatic rings. The molecule has 140 valence electrons. The van der Waals surface area contributed by atoms with E-state index in [1.54, 1.807) is 12.1 Å². The lowest BCUT2D eigenvalue weighted by Gasteiger charge is -2.41. The molecule has 3 rings (SSSR count). The fourth-order valence-corrected chi connectivity index (χ4v) is 3.98. The van der Waals surface area contributed by atoms with Gasteiger partial charge < -0.3 is 4.74 Å². The molecular formula is C16H22FNO6S. The van der Waals surface area contributed by atoms with E-state index in [0.717, 1.165) is 24.8 Å². The largest absolute Gasteiger partial charge is 0.469 e. The summed E-state index contributed by atoms with van der Waals surface area (Å²) in [5.41, 5.74) is 1.05. The lowest BCUT2D eigenvalue weighted by atomic mass is 9.76. The van der Waals surface area contributed by atoms with Crippen LogP contribution in [0.25, 0.3) is 0 Å². The van der Waals surface area contributed by atoms with Gasteiger partial charge in [-0.05, 0) is 44.0 Å². The number of hydrogen-bond acceptors (Lipinski definition) is 5. The first-order valence-electron chi connectivity index (χ1n) is 7.87. The summed E-state index contributed by atoms with van der Waals surface area (Å²) in [7, 11) is -1.12. The molecule has 7 nitrogen and oxygen atoms in total. The Morgan fingerprint density at radius 2 is 1.80 bits per heavy atom. The molecular weight excluding hydrogens is 353 g/mol. The van der Waals surface area contributed by atoms with E-state index < -0.39 is 10.4 Å². The van der Waals surface area contributed by atoms with Gasteiger partial charge in [-0.3, -0.25) is 18.8 Å². The van der Waals surface area contributed by atoms with Crippen molar-refractivity contribution in [2.24, 2.45) is 5.92 Å². The van der Waals surface area contributed by atoms with E-state index in [0.29, 0.717) is 6.04 Å². The summed E-state index contributed by atoms with van der Waals surface area (Å²) in [6.45, 7) is 0. The van der Waals surface area contributed by atoms with Crippen LogP contribution in [0.1, 0.15) is 30.7 Å². The Hall–Kier alpha value is -1.55. The number of carbonyl (C=O) groups is 1. The molecule has 0 unspecified atom stereocenters. The van der Waals surface area contributed by atoms with Gasteiger partial charge in [0.25, 0.3) is 0 Å². The minimum absolute atomic E-state index is 0.136. The van der Waals surface area contributed by atoms with E-state index in [9.17, 15) is 9.18 Å². The van der Waals surface area contributed by atoms with Crippen LogP contribution in [-0.2, 0) is 19.9 Å². The molecule has 0 radical (unpaired) electrons. The quantitative estimate of drug-likeness (QED) is 0.601. The van der Waals surface area contributed by atoms with Gasteiger partial charge in [0.2, 0.25) is 0 Å². The Morgan fingerprint density at radius 3 is 2.32 bits per heavy atom. The van der Waals surface area contributed by atoms with Crippen molar-refractivity contribution in [3.8, 4) is 0 Å². The summed E-state index contributed by atoms with van der Waals surface area (Å²) >= 11 is 0. The molecule has 0 amide bonds. The lowest BCUT2D eigenvalue weighted by molar-refractivity contribution is -0.150. The SMILES string of the molecule is COC(=O)[C@H]1[C@@H](c2ccc(F)cc2)C[C@@H]2CC[C@H]1N2C.O=S(=O)(O)O. The summed E-state index contributed by atoms with van der Waals surface area (Å²) in [6, 6.07) is 7.34. The summed E-state index contributed by atoms with van der Waals surface area (Å²) in [5.74, 6) is -0.387. The van der Waals surface area contributed by atoms with E-state index in [-0.39, 0.29) is 29.7 Å². The van der Waals surface area contributed by atoms with Gasteiger partial charge in [-0.2, -0.15) is 8.42 Å². The predicted molar refractivity (Wildman–Crippen MR) is 88.0 cm³/mol. The number of carbonyl (C=O) groups excluding carboxylic acids is 1. The number of nitrogens with zero attached hydrogens (tertiary/aromatic N) is 1. The minimum Gasteiger partial charge on any atom is -0.469 e. The maximum Gasteiger partial charge on any atom is 0.394 e. The van der Waals surface area contributed by atoms with E-state index in [2.05, 4.69) is 11.9 Å². The Balaban J connectivity index is 0.000000399. The highest BCUT2D eigenvalue weighted by molar-refractivity contribution is 7.79. The fourth-order valence-electron chi connectivity index (χ4n) is 3.98. The third-order valence-corrected chi connectivity index (χ3v) is 5.04. The fraction of sp³-hybridized carbons (Fsp3) is 0.562. The smallest absolute Gasteiger partial charge is 0.394 e. The van der Waals surface area contributed by atoms with Gasteiger partial charge in [-0.1, -0.05) is 12.1 Å². The van der Waals surface area contributed by atoms with Crippen LogP contribution in [-0.4, -0.2) is 54.6 Å². The normalized spacial score (nSPS) is 28.8. The molecule has 2 N–H and O–H groups in total. The molecule has 2 bridgehead atoms. The number of methoxy groups -OCH3 is 1. The second-order valence-electron chi connectivity index (χ2n) is 6.35. The van der Waals surface area contributed by atoms with Crippen LogP contribution >= 0.6 is 0 Å². The molecule has 4 atom stereocenters. The van der Waals surface area contributed by atoms with Gasteiger partial charge in [0.15, 0.2) is 0 Å². The second-order valence-corrected chi connectivity index (χ2v) is 7.25. The van der Waals surface area contributed by atoms with Crippen molar-refractivity contribution >= 4 is 16.4 Å². The molecule has 2 fully saturated rings. The molecule has 0 spiro atoms. The minimum atomic E-state index is -4.67. The lowest BCUT2D eigenvalue weighted by Crippen LogP contribution is -2.49. The maximum absolute atomic E-state index is 13.1. The van der Waals surface area contributed by atoms with Crippen LogP contribution in [0.3, 0.4) is 0 Å². The average molecular weight is 375 g/mol. The monoisotopic (exact) mass is 375 g/mol. The van der Waals surface area contributed by atoms with Crippen molar-refractivity contribution < 1.29 is 31.4 Å². The number of piperidine rings is 1. The van der Waals surface area contributed by atoms with E-state index in [1.807, 2.05) is 0 Å². The second kappa shape index (κ2) is 7.77. The summed E-state index contributed by atoms with van der Waals surface area (Å²) in [5, 5.41) is 0. The van der Waals surface area contributed by atoms with Gasteiger partial charge in [0.1, 0.15) is 5.82 Å². The average Bonchev–Trinajstić information content (AvgIpc) is 2.76. The molecule has 9 heteroatoms. The number of benzene rings is 1. The standard InChI is InChI=1S/C16H20FNO2.H2O4S/c1-18-12-7-8-14(18)15(16(19)20-2)13(9-12)10-3-5-11(17)6-4-10;1-5(2,3)4/h3-6,12-15H,7-9H2,1-2H3;(H2,1,2,3,4)/t12-,13+,14+,15-;/m0./s1. The highest BCUT2D eigenvalue weighted by atomic mass is 32.3. The molecule has 2 aliphatic rings. The maximum atomic E-state index is 13.1. The first-order valence-corrected chi connectivity index (χ1v) is 9.26. The molecule has 0 aliphatic carbocycles. The zero-order valence-corrected chi connectivity index (χ0v) is 14.8. The van der Waals surface area contributed by atoms with Crippen molar-refractivity contribution in [3.63, 3.8) is 0 Å². The van der Waals surface area contributed by atoms with Crippen LogP contribution in [0.2, 0.25) is 0 Å². The summed E-state index contributed by atoms with van der Waals surface area (Å²) in [6.07, 6.45) is 3.11. The van der Waals surface area contributed by atoms with Crippen molar-refractivity contribution in [3.05, 3.63) is 35.6 Å². The molecule has 25 heavy (non-hydrogen) atoms. The number of ether oxygens (including phenoxy) is 1. The van der Waals surface area contributed by atoms with Crippen molar-refractivity contribution in [1.82, 2.24) is 4.90 Å². The van der Waals surface area contributed by atoms with Crippen molar-refractivity contribution in [2.45, 2.75) is 37.3 Å². The van der Waals surface area contributed by atoms with E-state index >= 15 is 0 Å². The van der Waals surface area contributed by atoms with Crippen molar-refractivity contribution in [2.75, 3.05) is 14.2 Å². The van der Waals surface area contributed by atoms with Gasteiger partial charge in [-0.25, -0.2) is 4.39 Å². The Morgan fingerprint density at radius 1 is 1.24 bits per heavy atom. The highest BCUT2D eigenvalue weighted by Gasteiger charge is 2.49. The highest BCUT2D eigenvalue weighted by Crippen LogP contribution is 2.46. The molecule has 2 aliphatic heterocycles. The molecule has 2 heterocycles. The van der Waals surface area contributed by atoms with Gasteiger partial charge in [-0.15, -0.1) is 0 Å². The summed E-state index contributed by atoms with van der Waals surface area (Å²) in [4.78, 5) is 14.5. The van der Waals surface area contributed by atoms with Crippen LogP contribution in [0.15, 0.2) is 24.3 Å².